The van der Waals surface area contributed by atoms with Gasteiger partial charge in [0.05, 0.1) is 0 Å². The fourth-order valence-electron chi connectivity index (χ4n) is 1.48. The normalized spacial score (nSPS) is 10.5. The first-order chi connectivity index (χ1) is 8.22. The van der Waals surface area contributed by atoms with E-state index in [0.29, 0.717) is 11.4 Å². The zero-order chi connectivity index (χ0) is 12.3. The summed E-state index contributed by atoms with van der Waals surface area (Å²) < 4.78 is 14.5. The Balaban J connectivity index is 2.37. The van der Waals surface area contributed by atoms with Crippen molar-refractivity contribution in [2.75, 3.05) is 0 Å². The Morgan fingerprint density at radius 2 is 1.76 bits per heavy atom. The van der Waals surface area contributed by atoms with Crippen molar-refractivity contribution in [1.82, 2.24) is 0 Å². The molecule has 0 bridgehead atoms. The molecule has 0 saturated heterocycles. The van der Waals surface area contributed by atoms with Crippen molar-refractivity contribution < 1.29 is 4.39 Å². The van der Waals surface area contributed by atoms with Crippen molar-refractivity contribution in [3.8, 4) is 0 Å². The van der Waals surface area contributed by atoms with Gasteiger partial charge in [0.25, 0.3) is 0 Å². The summed E-state index contributed by atoms with van der Waals surface area (Å²) in [5.41, 5.74) is 6.71. The van der Waals surface area contributed by atoms with E-state index in [1.165, 1.54) is 17.8 Å². The molecule has 0 heterocycles. The third kappa shape index (κ3) is 2.89. The lowest BCUT2D eigenvalue weighted by molar-refractivity contribution is 0.602. The average Bonchev–Trinajstić information content (AvgIpc) is 2.32. The van der Waals surface area contributed by atoms with Crippen LogP contribution in [0.3, 0.4) is 0 Å². The van der Waals surface area contributed by atoms with E-state index in [9.17, 15) is 4.39 Å². The fraction of sp³-hybridized carbons (Fsp3) is 0.0769. The maximum absolute atomic E-state index is 13.5. The molecule has 0 saturated carbocycles. The molecule has 0 aliphatic rings. The van der Waals surface area contributed by atoms with Gasteiger partial charge in [-0.2, -0.15) is 0 Å². The van der Waals surface area contributed by atoms with Crippen LogP contribution in [0.1, 0.15) is 5.56 Å². The second-order valence-corrected chi connectivity index (χ2v) is 5.39. The van der Waals surface area contributed by atoms with Crippen molar-refractivity contribution in [2.24, 2.45) is 5.73 Å². The lowest BCUT2D eigenvalue weighted by Gasteiger charge is -2.09. The van der Waals surface area contributed by atoms with Gasteiger partial charge in [-0.1, -0.05) is 45.9 Å². The van der Waals surface area contributed by atoms with Gasteiger partial charge in [0.2, 0.25) is 0 Å². The fourth-order valence-corrected chi connectivity index (χ4v) is 3.15. The molecule has 0 radical (unpaired) electrons. The monoisotopic (exact) mass is 311 g/mol. The largest absolute Gasteiger partial charge is 0.326 e. The molecule has 1 nitrogen and oxygen atoms in total. The first kappa shape index (κ1) is 12.6. The van der Waals surface area contributed by atoms with Crippen molar-refractivity contribution in [2.45, 2.75) is 16.3 Å². The molecule has 0 spiro atoms. The van der Waals surface area contributed by atoms with Crippen LogP contribution in [0.2, 0.25) is 0 Å². The summed E-state index contributed by atoms with van der Waals surface area (Å²) in [6, 6.07) is 12.5. The molecule has 2 N–H and O–H groups in total. The summed E-state index contributed by atoms with van der Waals surface area (Å²) in [7, 11) is 0. The molecule has 0 unspecified atom stereocenters. The molecule has 88 valence electrons. The molecule has 0 aliphatic carbocycles. The summed E-state index contributed by atoms with van der Waals surface area (Å²) in [6.45, 7) is 0.429. The molecule has 0 atom stereocenters. The van der Waals surface area contributed by atoms with Crippen LogP contribution in [0.25, 0.3) is 0 Å². The smallest absolute Gasteiger partial charge is 0.137 e. The minimum Gasteiger partial charge on any atom is -0.326 e. The molecule has 0 fully saturated rings. The summed E-state index contributed by atoms with van der Waals surface area (Å²) >= 11 is 4.85. The minimum atomic E-state index is -0.208. The van der Waals surface area contributed by atoms with Crippen molar-refractivity contribution >= 4 is 27.7 Å². The van der Waals surface area contributed by atoms with Gasteiger partial charge in [-0.25, -0.2) is 4.39 Å². The van der Waals surface area contributed by atoms with Gasteiger partial charge in [0.1, 0.15) is 5.82 Å². The number of halogens is 2. The number of benzene rings is 2. The van der Waals surface area contributed by atoms with Gasteiger partial charge in [-0.15, -0.1) is 0 Å². The Morgan fingerprint density at radius 1 is 1.06 bits per heavy atom. The Kier molecular flexibility index (Phi) is 4.20. The lowest BCUT2D eigenvalue weighted by atomic mass is 10.2. The van der Waals surface area contributed by atoms with Crippen LogP contribution in [0.4, 0.5) is 4.39 Å². The predicted octanol–water partition coefficient (Wildman–Crippen LogP) is 4.20. The summed E-state index contributed by atoms with van der Waals surface area (Å²) in [5.74, 6) is -0.208. The van der Waals surface area contributed by atoms with E-state index in [-0.39, 0.29) is 5.82 Å². The van der Waals surface area contributed by atoms with Gasteiger partial charge in [0.15, 0.2) is 0 Å². The van der Waals surface area contributed by atoms with Crippen molar-refractivity contribution in [3.05, 3.63) is 58.3 Å². The first-order valence-electron chi connectivity index (χ1n) is 5.12. The predicted molar refractivity (Wildman–Crippen MR) is 72.6 cm³/mol. The first-order valence-corrected chi connectivity index (χ1v) is 6.73. The number of hydrogen-bond acceptors (Lipinski definition) is 2. The topological polar surface area (TPSA) is 26.0 Å². The SMILES string of the molecule is NCc1c(Br)cccc1Sc1ccccc1F. The highest BCUT2D eigenvalue weighted by Gasteiger charge is 2.08. The molecular formula is C13H11BrFNS. The van der Waals surface area contributed by atoms with Gasteiger partial charge in [0, 0.05) is 20.8 Å². The quantitative estimate of drug-likeness (QED) is 0.919. The minimum absolute atomic E-state index is 0.208. The number of rotatable bonds is 3. The summed E-state index contributed by atoms with van der Waals surface area (Å²) in [4.78, 5) is 1.59. The zero-order valence-corrected chi connectivity index (χ0v) is 11.4. The Hall–Kier alpha value is -0.840. The summed E-state index contributed by atoms with van der Waals surface area (Å²) in [5, 5.41) is 0. The van der Waals surface area contributed by atoms with Gasteiger partial charge < -0.3 is 5.73 Å². The number of hydrogen-bond donors (Lipinski definition) is 1. The third-order valence-electron chi connectivity index (χ3n) is 2.34. The van der Waals surface area contributed by atoms with Crippen LogP contribution >= 0.6 is 27.7 Å². The highest BCUT2D eigenvalue weighted by molar-refractivity contribution is 9.10. The van der Waals surface area contributed by atoms with E-state index < -0.39 is 0 Å². The lowest BCUT2D eigenvalue weighted by Crippen LogP contribution is -1.99. The molecule has 0 amide bonds. The molecule has 0 aliphatic heterocycles. The Morgan fingerprint density at radius 3 is 2.47 bits per heavy atom. The number of nitrogens with two attached hydrogens (primary N) is 1. The van der Waals surface area contributed by atoms with Gasteiger partial charge in [-0.3, -0.25) is 0 Å². The van der Waals surface area contributed by atoms with Crippen LogP contribution in [-0.2, 0) is 6.54 Å². The summed E-state index contributed by atoms with van der Waals surface area (Å²) in [6.07, 6.45) is 0. The maximum Gasteiger partial charge on any atom is 0.137 e. The van der Waals surface area contributed by atoms with Crippen LogP contribution in [0, 0.1) is 5.82 Å². The Bertz CT molecular complexity index is 531. The van der Waals surface area contributed by atoms with E-state index in [4.69, 9.17) is 5.73 Å². The van der Waals surface area contributed by atoms with Gasteiger partial charge in [-0.05, 0) is 29.8 Å². The maximum atomic E-state index is 13.5. The van der Waals surface area contributed by atoms with E-state index in [2.05, 4.69) is 15.9 Å². The average molecular weight is 312 g/mol. The van der Waals surface area contributed by atoms with Crippen LogP contribution in [-0.4, -0.2) is 0 Å². The van der Waals surface area contributed by atoms with E-state index in [0.717, 1.165) is 14.9 Å². The second-order valence-electron chi connectivity index (χ2n) is 3.45. The highest BCUT2D eigenvalue weighted by atomic mass is 79.9. The molecule has 4 heteroatoms. The molecule has 2 aromatic carbocycles. The van der Waals surface area contributed by atoms with Crippen LogP contribution < -0.4 is 5.73 Å². The zero-order valence-electron chi connectivity index (χ0n) is 8.99. The molecule has 2 aromatic rings. The molecule has 2 rings (SSSR count). The molecule has 0 aromatic heterocycles. The van der Waals surface area contributed by atoms with Crippen molar-refractivity contribution in [3.63, 3.8) is 0 Å². The van der Waals surface area contributed by atoms with Gasteiger partial charge >= 0.3 is 0 Å². The highest BCUT2D eigenvalue weighted by Crippen LogP contribution is 2.34. The van der Waals surface area contributed by atoms with E-state index in [1.54, 1.807) is 12.1 Å². The van der Waals surface area contributed by atoms with Crippen molar-refractivity contribution in [1.29, 1.82) is 0 Å². The van der Waals surface area contributed by atoms with Crippen LogP contribution in [0.15, 0.2) is 56.7 Å². The van der Waals surface area contributed by atoms with Crippen LogP contribution in [0.5, 0.6) is 0 Å². The second kappa shape index (κ2) is 5.67. The molecule has 17 heavy (non-hydrogen) atoms. The molecular weight excluding hydrogens is 301 g/mol. The standard InChI is InChI=1S/C13H11BrFNS/c14-10-4-3-7-12(9(10)8-16)17-13-6-2-1-5-11(13)15/h1-7H,8,16H2. The van der Waals surface area contributed by atoms with E-state index >= 15 is 0 Å². The third-order valence-corrected chi connectivity index (χ3v) is 4.23. The van der Waals surface area contributed by atoms with E-state index in [1.807, 2.05) is 24.3 Å². The Labute approximate surface area is 112 Å².